The molecule has 1 fully saturated rings. The van der Waals surface area contributed by atoms with E-state index in [-0.39, 0.29) is 18.4 Å². The molecule has 0 unspecified atom stereocenters. The van der Waals surface area contributed by atoms with Gasteiger partial charge in [-0.25, -0.2) is 0 Å². The Balaban J connectivity index is 1.77. The summed E-state index contributed by atoms with van der Waals surface area (Å²) in [6.45, 7) is 3.83. The number of carbonyl (C=O) groups excluding carboxylic acids is 2. The lowest BCUT2D eigenvalue weighted by Crippen LogP contribution is -2.42. The summed E-state index contributed by atoms with van der Waals surface area (Å²) in [5, 5.41) is 2.85. The van der Waals surface area contributed by atoms with E-state index in [0.717, 1.165) is 11.3 Å². The number of morpholine rings is 1. The molecule has 0 spiro atoms. The highest BCUT2D eigenvalue weighted by Gasteiger charge is 2.18. The minimum absolute atomic E-state index is 0.00617. The molecule has 1 saturated heterocycles. The predicted octanol–water partition coefficient (Wildman–Crippen LogP) is 1.15. The highest BCUT2D eigenvalue weighted by molar-refractivity contribution is 5.92. The van der Waals surface area contributed by atoms with Crippen LogP contribution in [0.15, 0.2) is 18.2 Å². The van der Waals surface area contributed by atoms with Crippen molar-refractivity contribution >= 4 is 23.2 Å². The Labute approximate surface area is 124 Å². The monoisotopic (exact) mass is 291 g/mol. The predicted molar refractivity (Wildman–Crippen MR) is 80.9 cm³/mol. The van der Waals surface area contributed by atoms with Gasteiger partial charge in [0.25, 0.3) is 0 Å². The maximum absolute atomic E-state index is 11.9. The van der Waals surface area contributed by atoms with Crippen molar-refractivity contribution in [3.05, 3.63) is 23.8 Å². The number of nitrogens with one attached hydrogen (secondary N) is 1. The van der Waals surface area contributed by atoms with Crippen molar-refractivity contribution in [2.24, 2.45) is 0 Å². The standard InChI is InChI=1S/C15H21N3O3/c1-11-4-5-12(16)9-13(11)17-14(19)3-2-6-18-7-8-21-10-15(18)20/h4-5,9H,2-3,6-8,10,16H2,1H3,(H,17,19). The van der Waals surface area contributed by atoms with Gasteiger partial charge in [-0.1, -0.05) is 6.07 Å². The summed E-state index contributed by atoms with van der Waals surface area (Å²) >= 11 is 0. The second kappa shape index (κ2) is 7.08. The largest absolute Gasteiger partial charge is 0.399 e. The van der Waals surface area contributed by atoms with Gasteiger partial charge in [0, 0.05) is 30.9 Å². The molecule has 1 aliphatic heterocycles. The van der Waals surface area contributed by atoms with E-state index >= 15 is 0 Å². The Bertz CT molecular complexity index is 531. The summed E-state index contributed by atoms with van der Waals surface area (Å²) < 4.78 is 5.06. The van der Waals surface area contributed by atoms with E-state index < -0.39 is 0 Å². The molecule has 1 heterocycles. The van der Waals surface area contributed by atoms with Crippen LogP contribution in [-0.2, 0) is 14.3 Å². The number of nitrogens with two attached hydrogens (primary N) is 1. The molecule has 0 atom stereocenters. The lowest BCUT2D eigenvalue weighted by molar-refractivity contribution is -0.142. The van der Waals surface area contributed by atoms with Crippen LogP contribution in [0.4, 0.5) is 11.4 Å². The van der Waals surface area contributed by atoms with Crippen LogP contribution in [0.2, 0.25) is 0 Å². The molecule has 1 aromatic rings. The number of aryl methyl sites for hydroxylation is 1. The molecule has 3 N–H and O–H groups in total. The van der Waals surface area contributed by atoms with Gasteiger partial charge in [0.1, 0.15) is 6.61 Å². The molecule has 0 radical (unpaired) electrons. The summed E-state index contributed by atoms with van der Waals surface area (Å²) in [6, 6.07) is 5.42. The fourth-order valence-electron chi connectivity index (χ4n) is 2.20. The number of amides is 2. The molecule has 6 nitrogen and oxygen atoms in total. The van der Waals surface area contributed by atoms with Crippen molar-refractivity contribution in [2.45, 2.75) is 19.8 Å². The molecule has 114 valence electrons. The second-order valence-electron chi connectivity index (χ2n) is 5.16. The highest BCUT2D eigenvalue weighted by Crippen LogP contribution is 2.18. The van der Waals surface area contributed by atoms with Crippen molar-refractivity contribution in [3.63, 3.8) is 0 Å². The maximum Gasteiger partial charge on any atom is 0.248 e. The number of hydrogen-bond donors (Lipinski definition) is 2. The molecule has 0 aromatic heterocycles. The molecule has 1 aromatic carbocycles. The zero-order valence-corrected chi connectivity index (χ0v) is 12.2. The third-order valence-electron chi connectivity index (χ3n) is 3.45. The number of ether oxygens (including phenoxy) is 1. The summed E-state index contributed by atoms with van der Waals surface area (Å²) in [5.74, 6) is -0.0715. The van der Waals surface area contributed by atoms with Gasteiger partial charge in [0.2, 0.25) is 11.8 Å². The van der Waals surface area contributed by atoms with E-state index in [1.807, 2.05) is 13.0 Å². The molecule has 2 rings (SSSR count). The van der Waals surface area contributed by atoms with Crippen molar-refractivity contribution in [1.82, 2.24) is 4.90 Å². The number of carbonyl (C=O) groups is 2. The Morgan fingerprint density at radius 3 is 3.05 bits per heavy atom. The SMILES string of the molecule is Cc1ccc(N)cc1NC(=O)CCCN1CCOCC1=O. The minimum Gasteiger partial charge on any atom is -0.399 e. The van der Waals surface area contributed by atoms with Gasteiger partial charge >= 0.3 is 0 Å². The van der Waals surface area contributed by atoms with Crippen LogP contribution in [-0.4, -0.2) is 43.0 Å². The van der Waals surface area contributed by atoms with Gasteiger partial charge in [-0.2, -0.15) is 0 Å². The lowest BCUT2D eigenvalue weighted by atomic mass is 10.1. The van der Waals surface area contributed by atoms with E-state index in [1.54, 1.807) is 17.0 Å². The van der Waals surface area contributed by atoms with E-state index in [9.17, 15) is 9.59 Å². The minimum atomic E-state index is -0.0654. The molecular formula is C15H21N3O3. The molecule has 0 aliphatic carbocycles. The highest BCUT2D eigenvalue weighted by atomic mass is 16.5. The number of benzene rings is 1. The van der Waals surface area contributed by atoms with Crippen molar-refractivity contribution in [1.29, 1.82) is 0 Å². The molecule has 0 saturated carbocycles. The Hall–Kier alpha value is -2.08. The normalized spacial score (nSPS) is 15.1. The van der Waals surface area contributed by atoms with Gasteiger partial charge < -0.3 is 20.7 Å². The van der Waals surface area contributed by atoms with Crippen LogP contribution >= 0.6 is 0 Å². The van der Waals surface area contributed by atoms with Gasteiger partial charge in [-0.05, 0) is 31.0 Å². The van der Waals surface area contributed by atoms with Crippen LogP contribution in [0.5, 0.6) is 0 Å². The van der Waals surface area contributed by atoms with Gasteiger partial charge in [0.05, 0.1) is 6.61 Å². The first-order chi connectivity index (χ1) is 10.1. The van der Waals surface area contributed by atoms with Gasteiger partial charge in [-0.3, -0.25) is 9.59 Å². The summed E-state index contributed by atoms with van der Waals surface area (Å²) in [5.41, 5.74) is 8.04. The Morgan fingerprint density at radius 1 is 1.48 bits per heavy atom. The molecule has 0 bridgehead atoms. The first kappa shape index (κ1) is 15.3. The fraction of sp³-hybridized carbons (Fsp3) is 0.467. The van der Waals surface area contributed by atoms with Crippen molar-refractivity contribution in [2.75, 3.05) is 37.4 Å². The van der Waals surface area contributed by atoms with Gasteiger partial charge in [-0.15, -0.1) is 0 Å². The molecule has 1 aliphatic rings. The third-order valence-corrected chi connectivity index (χ3v) is 3.45. The summed E-state index contributed by atoms with van der Waals surface area (Å²) in [7, 11) is 0. The molecule has 21 heavy (non-hydrogen) atoms. The fourth-order valence-corrected chi connectivity index (χ4v) is 2.20. The molecule has 2 amide bonds. The first-order valence-corrected chi connectivity index (χ1v) is 7.08. The summed E-state index contributed by atoms with van der Waals surface area (Å²) in [4.78, 5) is 25.2. The van der Waals surface area contributed by atoms with Crippen LogP contribution in [0.25, 0.3) is 0 Å². The average molecular weight is 291 g/mol. The molecule has 6 heteroatoms. The number of nitrogens with zero attached hydrogens (tertiary/aromatic N) is 1. The number of rotatable bonds is 5. The van der Waals surface area contributed by atoms with E-state index in [2.05, 4.69) is 5.32 Å². The Morgan fingerprint density at radius 2 is 2.29 bits per heavy atom. The van der Waals surface area contributed by atoms with Crippen LogP contribution in [0, 0.1) is 6.92 Å². The second-order valence-corrected chi connectivity index (χ2v) is 5.16. The Kier molecular flexibility index (Phi) is 5.16. The molecular weight excluding hydrogens is 270 g/mol. The maximum atomic E-state index is 11.9. The van der Waals surface area contributed by atoms with Crippen LogP contribution < -0.4 is 11.1 Å². The first-order valence-electron chi connectivity index (χ1n) is 7.08. The number of anilines is 2. The van der Waals surface area contributed by atoms with Crippen molar-refractivity contribution in [3.8, 4) is 0 Å². The summed E-state index contributed by atoms with van der Waals surface area (Å²) in [6.07, 6.45) is 1.01. The number of hydrogen-bond acceptors (Lipinski definition) is 4. The van der Waals surface area contributed by atoms with E-state index in [1.165, 1.54) is 0 Å². The topological polar surface area (TPSA) is 84.7 Å². The smallest absolute Gasteiger partial charge is 0.248 e. The van der Waals surface area contributed by atoms with Gasteiger partial charge in [0.15, 0.2) is 0 Å². The van der Waals surface area contributed by atoms with E-state index in [4.69, 9.17) is 10.5 Å². The number of nitrogen functional groups attached to an aromatic ring is 1. The van der Waals surface area contributed by atoms with Crippen LogP contribution in [0.1, 0.15) is 18.4 Å². The quantitative estimate of drug-likeness (QED) is 0.797. The zero-order chi connectivity index (χ0) is 15.2. The van der Waals surface area contributed by atoms with Crippen LogP contribution in [0.3, 0.4) is 0 Å². The third kappa shape index (κ3) is 4.46. The lowest BCUT2D eigenvalue weighted by Gasteiger charge is -2.26. The average Bonchev–Trinajstić information content (AvgIpc) is 2.45. The van der Waals surface area contributed by atoms with E-state index in [0.29, 0.717) is 38.2 Å². The zero-order valence-electron chi connectivity index (χ0n) is 12.2. The van der Waals surface area contributed by atoms with Crippen molar-refractivity contribution < 1.29 is 14.3 Å².